The SMILES string of the molecule is COc1ccc(C=C(CNC(=O)OCC2c3ccccc3-c3ccccc32)B2OC(C)(C)C(C)(C)O2)cc1. The number of rotatable bonds is 7. The number of fused-ring (bicyclic) bond motifs is 3. The molecule has 0 bridgehead atoms. The van der Waals surface area contributed by atoms with Crippen LogP contribution in [0.25, 0.3) is 17.2 Å². The highest BCUT2D eigenvalue weighted by molar-refractivity contribution is 6.56. The average molecular weight is 511 g/mol. The Hall–Kier alpha value is -3.55. The summed E-state index contributed by atoms with van der Waals surface area (Å²) in [6, 6.07) is 24.3. The van der Waals surface area contributed by atoms with Crippen LogP contribution < -0.4 is 10.1 Å². The third-order valence-corrected chi connectivity index (χ3v) is 7.80. The molecular weight excluding hydrogens is 477 g/mol. The topological polar surface area (TPSA) is 66.0 Å². The Balaban J connectivity index is 1.29. The number of nitrogens with one attached hydrogen (secondary N) is 1. The van der Waals surface area contributed by atoms with E-state index in [4.69, 9.17) is 18.8 Å². The Morgan fingerprint density at radius 1 is 0.895 bits per heavy atom. The van der Waals surface area contributed by atoms with E-state index in [1.807, 2.05) is 82.3 Å². The second-order valence-electron chi connectivity index (χ2n) is 10.8. The zero-order valence-electron chi connectivity index (χ0n) is 22.6. The van der Waals surface area contributed by atoms with Crippen LogP contribution in [0.3, 0.4) is 0 Å². The highest BCUT2D eigenvalue weighted by Gasteiger charge is 2.52. The van der Waals surface area contributed by atoms with E-state index in [9.17, 15) is 4.79 Å². The van der Waals surface area contributed by atoms with Crippen LogP contribution in [0.2, 0.25) is 0 Å². The summed E-state index contributed by atoms with van der Waals surface area (Å²) in [5.74, 6) is 0.779. The van der Waals surface area contributed by atoms with E-state index < -0.39 is 24.4 Å². The average Bonchev–Trinajstić information content (AvgIpc) is 3.34. The maximum absolute atomic E-state index is 12.9. The number of methoxy groups -OCH3 is 1. The summed E-state index contributed by atoms with van der Waals surface area (Å²) in [6.45, 7) is 8.52. The van der Waals surface area contributed by atoms with E-state index in [0.717, 1.165) is 16.8 Å². The summed E-state index contributed by atoms with van der Waals surface area (Å²) in [5.41, 5.74) is 5.50. The van der Waals surface area contributed by atoms with Crippen LogP contribution in [0.15, 0.2) is 78.3 Å². The van der Waals surface area contributed by atoms with E-state index in [-0.39, 0.29) is 19.1 Å². The molecule has 196 valence electrons. The van der Waals surface area contributed by atoms with E-state index in [1.165, 1.54) is 22.3 Å². The zero-order chi connectivity index (χ0) is 26.9. The van der Waals surface area contributed by atoms with Gasteiger partial charge in [-0.15, -0.1) is 0 Å². The van der Waals surface area contributed by atoms with Crippen LogP contribution >= 0.6 is 0 Å². The van der Waals surface area contributed by atoms with Crippen molar-refractivity contribution in [2.45, 2.75) is 44.8 Å². The number of carbonyl (C=O) groups excluding carboxylic acids is 1. The lowest BCUT2D eigenvalue weighted by molar-refractivity contribution is 0.00578. The molecule has 3 aromatic rings. The highest BCUT2D eigenvalue weighted by Crippen LogP contribution is 2.44. The van der Waals surface area contributed by atoms with Gasteiger partial charge in [-0.2, -0.15) is 0 Å². The molecule has 1 aliphatic carbocycles. The number of benzene rings is 3. The van der Waals surface area contributed by atoms with Crippen molar-refractivity contribution in [3.05, 3.63) is 95.0 Å². The third-order valence-electron chi connectivity index (χ3n) is 7.80. The van der Waals surface area contributed by atoms with Crippen LogP contribution in [-0.2, 0) is 14.0 Å². The Morgan fingerprint density at radius 3 is 2.00 bits per heavy atom. The van der Waals surface area contributed by atoms with Crippen molar-refractivity contribution < 1.29 is 23.6 Å². The minimum atomic E-state index is -0.601. The summed E-state index contributed by atoms with van der Waals surface area (Å²) >= 11 is 0. The molecule has 7 heteroatoms. The summed E-state index contributed by atoms with van der Waals surface area (Å²) in [7, 11) is 1.04. The van der Waals surface area contributed by atoms with Gasteiger partial charge in [0, 0.05) is 12.5 Å². The lowest BCUT2D eigenvalue weighted by atomic mass is 9.77. The second-order valence-corrected chi connectivity index (χ2v) is 10.8. The van der Waals surface area contributed by atoms with Gasteiger partial charge >= 0.3 is 13.2 Å². The fourth-order valence-corrected chi connectivity index (χ4v) is 4.93. The molecule has 3 aromatic carbocycles. The van der Waals surface area contributed by atoms with Crippen LogP contribution in [0.4, 0.5) is 4.79 Å². The predicted molar refractivity (Wildman–Crippen MR) is 150 cm³/mol. The molecule has 0 unspecified atom stereocenters. The summed E-state index contributed by atoms with van der Waals surface area (Å²) < 4.78 is 23.6. The monoisotopic (exact) mass is 511 g/mol. The van der Waals surface area contributed by atoms with Crippen molar-refractivity contribution in [2.24, 2.45) is 0 Å². The maximum atomic E-state index is 12.9. The van der Waals surface area contributed by atoms with Crippen molar-refractivity contribution in [2.75, 3.05) is 20.3 Å². The minimum Gasteiger partial charge on any atom is -0.497 e. The van der Waals surface area contributed by atoms with Gasteiger partial charge in [-0.1, -0.05) is 66.7 Å². The molecule has 38 heavy (non-hydrogen) atoms. The van der Waals surface area contributed by atoms with E-state index >= 15 is 0 Å². The molecule has 1 N–H and O–H groups in total. The third kappa shape index (κ3) is 5.09. The van der Waals surface area contributed by atoms with E-state index in [0.29, 0.717) is 0 Å². The van der Waals surface area contributed by atoms with Gasteiger partial charge in [-0.3, -0.25) is 0 Å². The maximum Gasteiger partial charge on any atom is 0.492 e. The van der Waals surface area contributed by atoms with Gasteiger partial charge in [-0.05, 0) is 73.1 Å². The van der Waals surface area contributed by atoms with Crippen molar-refractivity contribution >= 4 is 19.3 Å². The quantitative estimate of drug-likeness (QED) is 0.380. The Labute approximate surface area is 225 Å². The summed E-state index contributed by atoms with van der Waals surface area (Å²) in [5, 5.41) is 2.91. The zero-order valence-corrected chi connectivity index (χ0v) is 22.6. The lowest BCUT2D eigenvalue weighted by Crippen LogP contribution is -2.41. The fourth-order valence-electron chi connectivity index (χ4n) is 4.93. The first kappa shape index (κ1) is 26.1. The first-order chi connectivity index (χ1) is 18.2. The molecule has 6 nitrogen and oxygen atoms in total. The summed E-state index contributed by atoms with van der Waals surface area (Å²) in [4.78, 5) is 12.9. The van der Waals surface area contributed by atoms with Crippen LogP contribution in [-0.4, -0.2) is 44.7 Å². The molecule has 1 fully saturated rings. The fraction of sp³-hybridized carbons (Fsp3) is 0.323. The van der Waals surface area contributed by atoms with Crippen LogP contribution in [0, 0.1) is 0 Å². The molecule has 1 amide bonds. The second kappa shape index (κ2) is 10.3. The Kier molecular flexibility index (Phi) is 7.08. The van der Waals surface area contributed by atoms with E-state index in [2.05, 4.69) is 29.6 Å². The van der Waals surface area contributed by atoms with Gasteiger partial charge in [0.25, 0.3) is 0 Å². The Bertz CT molecular complexity index is 1290. The molecule has 0 radical (unpaired) electrons. The van der Waals surface area contributed by atoms with Crippen molar-refractivity contribution in [3.8, 4) is 16.9 Å². The van der Waals surface area contributed by atoms with Gasteiger partial charge in [-0.25, -0.2) is 4.79 Å². The standard InChI is InChI=1S/C31H34BNO5/c1-30(2)31(3,4)38-32(37-30)22(18-21-14-16-23(35-5)17-15-21)19-33-29(34)36-20-28-26-12-8-6-10-24(26)25-11-7-9-13-27(25)28/h6-18,28H,19-20H2,1-5H3,(H,33,34). The number of ether oxygens (including phenoxy) is 2. The minimum absolute atomic E-state index is 0.00515. The molecule has 1 aliphatic heterocycles. The van der Waals surface area contributed by atoms with E-state index in [1.54, 1.807) is 7.11 Å². The number of alkyl carbamates (subject to hydrolysis) is 1. The molecular formula is C31H34BNO5. The van der Waals surface area contributed by atoms with Crippen LogP contribution in [0.1, 0.15) is 50.3 Å². The highest BCUT2D eigenvalue weighted by atomic mass is 16.7. The van der Waals surface area contributed by atoms with Crippen molar-refractivity contribution in [3.63, 3.8) is 0 Å². The van der Waals surface area contributed by atoms with Gasteiger partial charge in [0.1, 0.15) is 12.4 Å². The normalized spacial score (nSPS) is 17.6. The number of amides is 1. The first-order valence-electron chi connectivity index (χ1n) is 13.0. The molecule has 2 aliphatic rings. The smallest absolute Gasteiger partial charge is 0.492 e. The largest absolute Gasteiger partial charge is 0.497 e. The Morgan fingerprint density at radius 2 is 1.45 bits per heavy atom. The van der Waals surface area contributed by atoms with Gasteiger partial charge in [0.15, 0.2) is 0 Å². The molecule has 1 heterocycles. The van der Waals surface area contributed by atoms with Crippen molar-refractivity contribution in [1.82, 2.24) is 5.32 Å². The number of hydrogen-bond acceptors (Lipinski definition) is 5. The molecule has 5 rings (SSSR count). The molecule has 0 saturated carbocycles. The molecule has 1 saturated heterocycles. The number of carbonyl (C=O) groups is 1. The first-order valence-corrected chi connectivity index (χ1v) is 13.0. The molecule has 0 aromatic heterocycles. The molecule has 0 spiro atoms. The summed E-state index contributed by atoms with van der Waals surface area (Å²) in [6.07, 6.45) is 1.50. The van der Waals surface area contributed by atoms with Gasteiger partial charge in [0.05, 0.1) is 18.3 Å². The number of hydrogen-bond donors (Lipinski definition) is 1. The van der Waals surface area contributed by atoms with Crippen molar-refractivity contribution in [1.29, 1.82) is 0 Å². The lowest BCUT2D eigenvalue weighted by Gasteiger charge is -2.32. The van der Waals surface area contributed by atoms with Gasteiger partial charge < -0.3 is 24.1 Å². The van der Waals surface area contributed by atoms with Gasteiger partial charge in [0.2, 0.25) is 0 Å². The van der Waals surface area contributed by atoms with Crippen LogP contribution in [0.5, 0.6) is 5.75 Å². The predicted octanol–water partition coefficient (Wildman–Crippen LogP) is 6.25. The molecule has 0 atom stereocenters.